The molecule has 3 heteroatoms. The summed E-state index contributed by atoms with van der Waals surface area (Å²) in [4.78, 5) is 2.30. The summed E-state index contributed by atoms with van der Waals surface area (Å²) in [5, 5.41) is 9.42. The van der Waals surface area contributed by atoms with Crippen molar-refractivity contribution in [1.82, 2.24) is 0 Å². The van der Waals surface area contributed by atoms with Crippen LogP contribution in [0.2, 0.25) is 0 Å². The highest BCUT2D eigenvalue weighted by atomic mass is 79.9. The van der Waals surface area contributed by atoms with Gasteiger partial charge in [-0.15, -0.1) is 0 Å². The molecule has 0 aliphatic heterocycles. The third-order valence-electron chi connectivity index (χ3n) is 3.89. The van der Waals surface area contributed by atoms with Crippen molar-refractivity contribution in [1.29, 1.82) is 0 Å². The van der Waals surface area contributed by atoms with Crippen LogP contribution in [0, 0.1) is 5.92 Å². The fourth-order valence-electron chi connectivity index (χ4n) is 2.88. The van der Waals surface area contributed by atoms with Gasteiger partial charge in [-0.3, -0.25) is 0 Å². The van der Waals surface area contributed by atoms with Crippen molar-refractivity contribution in [3.63, 3.8) is 0 Å². The first-order valence-corrected chi connectivity index (χ1v) is 7.60. The normalized spacial score (nSPS) is 16.8. The van der Waals surface area contributed by atoms with Crippen LogP contribution in [0.1, 0.15) is 37.7 Å². The highest BCUT2D eigenvalue weighted by Gasteiger charge is 2.17. The second-order valence-electron chi connectivity index (χ2n) is 5.32. The Balaban J connectivity index is 2.07. The standard InChI is InChI=1S/C15H22BrNO/c1-17(10-12-5-3-2-4-6-12)15-9-14(16)8-7-13(15)11-18/h7-9,12,18H,2-6,10-11H2,1H3. The molecule has 1 aromatic rings. The minimum atomic E-state index is 0.109. The quantitative estimate of drug-likeness (QED) is 0.910. The summed E-state index contributed by atoms with van der Waals surface area (Å²) >= 11 is 3.51. The lowest BCUT2D eigenvalue weighted by molar-refractivity contribution is 0.281. The molecule has 0 atom stereocenters. The zero-order valence-electron chi connectivity index (χ0n) is 11.0. The lowest BCUT2D eigenvalue weighted by Gasteiger charge is -2.29. The van der Waals surface area contributed by atoms with Gasteiger partial charge >= 0.3 is 0 Å². The molecule has 0 aromatic heterocycles. The first-order valence-electron chi connectivity index (χ1n) is 6.81. The van der Waals surface area contributed by atoms with Crippen molar-refractivity contribution >= 4 is 21.6 Å². The van der Waals surface area contributed by atoms with Crippen LogP contribution in [-0.2, 0) is 6.61 Å². The van der Waals surface area contributed by atoms with Crippen LogP contribution in [0.4, 0.5) is 5.69 Å². The van der Waals surface area contributed by atoms with Crippen LogP contribution in [-0.4, -0.2) is 18.7 Å². The molecule has 0 unspecified atom stereocenters. The summed E-state index contributed by atoms with van der Waals surface area (Å²) in [6.07, 6.45) is 6.87. The predicted octanol–water partition coefficient (Wildman–Crippen LogP) is 3.96. The van der Waals surface area contributed by atoms with Crippen molar-refractivity contribution in [2.24, 2.45) is 5.92 Å². The summed E-state index contributed by atoms with van der Waals surface area (Å²) in [6, 6.07) is 6.09. The van der Waals surface area contributed by atoms with E-state index in [9.17, 15) is 5.11 Å². The van der Waals surface area contributed by atoms with Gasteiger partial charge in [-0.05, 0) is 30.9 Å². The lowest BCUT2D eigenvalue weighted by atomic mass is 9.89. The molecule has 0 bridgehead atoms. The average molecular weight is 312 g/mol. The molecule has 1 N–H and O–H groups in total. The minimum absolute atomic E-state index is 0.109. The number of hydrogen-bond donors (Lipinski definition) is 1. The smallest absolute Gasteiger partial charge is 0.0702 e. The Morgan fingerprint density at radius 1 is 1.28 bits per heavy atom. The fourth-order valence-corrected chi connectivity index (χ4v) is 3.23. The monoisotopic (exact) mass is 311 g/mol. The molecule has 1 aliphatic rings. The summed E-state index contributed by atoms with van der Waals surface area (Å²) < 4.78 is 1.07. The maximum Gasteiger partial charge on any atom is 0.0702 e. The van der Waals surface area contributed by atoms with Crippen molar-refractivity contribution in [2.45, 2.75) is 38.7 Å². The second kappa shape index (κ2) is 6.58. The van der Waals surface area contributed by atoms with Crippen LogP contribution in [0.5, 0.6) is 0 Å². The van der Waals surface area contributed by atoms with Gasteiger partial charge in [0.15, 0.2) is 0 Å². The third kappa shape index (κ3) is 3.48. The van der Waals surface area contributed by atoms with Gasteiger partial charge in [0.25, 0.3) is 0 Å². The molecule has 2 rings (SSSR count). The number of anilines is 1. The van der Waals surface area contributed by atoms with E-state index in [2.05, 4.69) is 33.9 Å². The minimum Gasteiger partial charge on any atom is -0.392 e. The molecule has 0 spiro atoms. The number of aliphatic hydroxyl groups is 1. The van der Waals surface area contributed by atoms with Gasteiger partial charge in [0.1, 0.15) is 0 Å². The van der Waals surface area contributed by atoms with E-state index in [-0.39, 0.29) is 6.61 Å². The van der Waals surface area contributed by atoms with Crippen LogP contribution >= 0.6 is 15.9 Å². The molecule has 0 radical (unpaired) electrons. The van der Waals surface area contributed by atoms with Crippen molar-refractivity contribution in [3.05, 3.63) is 28.2 Å². The van der Waals surface area contributed by atoms with Gasteiger partial charge in [-0.2, -0.15) is 0 Å². The van der Waals surface area contributed by atoms with E-state index in [1.807, 2.05) is 12.1 Å². The maximum absolute atomic E-state index is 9.42. The molecule has 1 saturated carbocycles. The third-order valence-corrected chi connectivity index (χ3v) is 4.38. The topological polar surface area (TPSA) is 23.5 Å². The van der Waals surface area contributed by atoms with Crippen LogP contribution in [0.3, 0.4) is 0 Å². The average Bonchev–Trinajstić information content (AvgIpc) is 2.40. The van der Waals surface area contributed by atoms with Crippen LogP contribution in [0.15, 0.2) is 22.7 Å². The molecule has 18 heavy (non-hydrogen) atoms. The molecule has 1 aromatic carbocycles. The Hall–Kier alpha value is -0.540. The number of nitrogens with zero attached hydrogens (tertiary/aromatic N) is 1. The molecule has 100 valence electrons. The molecular formula is C15H22BrNO. The maximum atomic E-state index is 9.42. The lowest BCUT2D eigenvalue weighted by Crippen LogP contribution is -2.27. The van der Waals surface area contributed by atoms with Gasteiger partial charge in [-0.25, -0.2) is 0 Å². The number of rotatable bonds is 4. The van der Waals surface area contributed by atoms with Crippen LogP contribution in [0.25, 0.3) is 0 Å². The number of benzene rings is 1. The Kier molecular flexibility index (Phi) is 5.07. The summed E-state index contributed by atoms with van der Waals surface area (Å²) in [7, 11) is 2.13. The zero-order chi connectivity index (χ0) is 13.0. The fraction of sp³-hybridized carbons (Fsp3) is 0.600. The summed E-state index contributed by atoms with van der Waals surface area (Å²) in [6.45, 7) is 1.21. The molecule has 0 saturated heterocycles. The molecular weight excluding hydrogens is 290 g/mol. The first-order chi connectivity index (χ1) is 8.70. The SMILES string of the molecule is CN(CC1CCCCC1)c1cc(Br)ccc1CO. The highest BCUT2D eigenvalue weighted by Crippen LogP contribution is 2.29. The first kappa shape index (κ1) is 13.9. The molecule has 1 aliphatic carbocycles. The molecule has 2 nitrogen and oxygen atoms in total. The van der Waals surface area contributed by atoms with E-state index < -0.39 is 0 Å². The molecule has 0 amide bonds. The summed E-state index contributed by atoms with van der Waals surface area (Å²) in [5.41, 5.74) is 2.16. The number of hydrogen-bond acceptors (Lipinski definition) is 2. The zero-order valence-corrected chi connectivity index (χ0v) is 12.6. The van der Waals surface area contributed by atoms with E-state index in [1.165, 1.54) is 32.1 Å². The van der Waals surface area contributed by atoms with E-state index in [0.717, 1.165) is 28.2 Å². The number of halogens is 1. The Morgan fingerprint density at radius 3 is 2.67 bits per heavy atom. The predicted molar refractivity (Wildman–Crippen MR) is 79.9 cm³/mol. The number of aliphatic hydroxyl groups excluding tert-OH is 1. The van der Waals surface area contributed by atoms with Gasteiger partial charge < -0.3 is 10.0 Å². The highest BCUT2D eigenvalue weighted by molar-refractivity contribution is 9.10. The van der Waals surface area contributed by atoms with Gasteiger partial charge in [0, 0.05) is 29.3 Å². The van der Waals surface area contributed by atoms with E-state index in [4.69, 9.17) is 0 Å². The van der Waals surface area contributed by atoms with Gasteiger partial charge in [0.2, 0.25) is 0 Å². The van der Waals surface area contributed by atoms with Crippen molar-refractivity contribution in [2.75, 3.05) is 18.5 Å². The summed E-state index contributed by atoms with van der Waals surface area (Å²) in [5.74, 6) is 0.814. The van der Waals surface area contributed by atoms with Crippen LogP contribution < -0.4 is 4.90 Å². The van der Waals surface area contributed by atoms with E-state index in [1.54, 1.807) is 0 Å². The second-order valence-corrected chi connectivity index (χ2v) is 6.23. The molecule has 0 heterocycles. The largest absolute Gasteiger partial charge is 0.392 e. The van der Waals surface area contributed by atoms with Gasteiger partial charge in [0.05, 0.1) is 6.61 Å². The van der Waals surface area contributed by atoms with E-state index >= 15 is 0 Å². The Bertz CT molecular complexity index is 388. The van der Waals surface area contributed by atoms with Crippen molar-refractivity contribution < 1.29 is 5.11 Å². The van der Waals surface area contributed by atoms with Crippen molar-refractivity contribution in [3.8, 4) is 0 Å². The Labute approximate surface area is 118 Å². The van der Waals surface area contributed by atoms with E-state index in [0.29, 0.717) is 0 Å². The Morgan fingerprint density at radius 2 is 2.00 bits per heavy atom. The molecule has 1 fully saturated rings. The van der Waals surface area contributed by atoms with Gasteiger partial charge in [-0.1, -0.05) is 41.3 Å².